The Morgan fingerprint density at radius 2 is 1.63 bits per heavy atom. The van der Waals surface area contributed by atoms with Crippen LogP contribution >= 0.6 is 0 Å². The minimum Gasteiger partial charge on any atom is -0.317 e. The van der Waals surface area contributed by atoms with Crippen LogP contribution in [-0.4, -0.2) is 22.2 Å². The lowest BCUT2D eigenvalue weighted by atomic mass is 9.70. The molecule has 0 aromatic heterocycles. The van der Waals surface area contributed by atoms with E-state index in [1.54, 1.807) is 5.01 Å². The highest BCUT2D eigenvalue weighted by Gasteiger charge is 2.48. The van der Waals surface area contributed by atoms with Crippen LogP contribution in [0.3, 0.4) is 0 Å². The number of hydrazine groups is 1. The first-order valence-corrected chi connectivity index (χ1v) is 7.44. The van der Waals surface area contributed by atoms with Crippen LogP contribution in [0.5, 0.6) is 0 Å². The Hall–Kier alpha value is -0.770. The molecule has 0 aromatic rings. The highest BCUT2D eigenvalue weighted by atomic mass is 16.2. The van der Waals surface area contributed by atoms with Crippen molar-refractivity contribution in [2.24, 2.45) is 11.3 Å². The Kier molecular flexibility index (Phi) is 3.37. The lowest BCUT2D eigenvalue weighted by Crippen LogP contribution is -2.56. The number of carbonyl (C=O) groups excluding carboxylic acids is 1. The summed E-state index contributed by atoms with van der Waals surface area (Å²) in [5.41, 5.74) is 3.42. The molecule has 1 saturated carbocycles. The first kappa shape index (κ1) is 14.6. The lowest BCUT2D eigenvalue weighted by molar-refractivity contribution is 0.0605. The maximum absolute atomic E-state index is 12.1. The number of hydrogen-bond acceptors (Lipinski definition) is 2. The third-order valence-corrected chi connectivity index (χ3v) is 4.61. The van der Waals surface area contributed by atoms with Gasteiger partial charge in [-0.25, -0.2) is 10.2 Å². The molecule has 0 atom stereocenters. The van der Waals surface area contributed by atoms with Gasteiger partial charge in [0.1, 0.15) is 5.66 Å². The van der Waals surface area contributed by atoms with Gasteiger partial charge in [-0.1, -0.05) is 20.8 Å². The molecule has 110 valence electrons. The summed E-state index contributed by atoms with van der Waals surface area (Å²) in [5, 5.41) is 4.93. The van der Waals surface area contributed by atoms with Crippen molar-refractivity contribution in [1.82, 2.24) is 15.8 Å². The van der Waals surface area contributed by atoms with Gasteiger partial charge in [0.15, 0.2) is 0 Å². The smallest absolute Gasteiger partial charge is 0.317 e. The number of urea groups is 1. The second kappa shape index (κ2) is 4.37. The molecule has 19 heavy (non-hydrogen) atoms. The molecular weight excluding hydrogens is 238 g/mol. The quantitative estimate of drug-likeness (QED) is 0.707. The monoisotopic (exact) mass is 267 g/mol. The molecular formula is C15H29N3O. The van der Waals surface area contributed by atoms with Gasteiger partial charge in [0, 0.05) is 0 Å². The zero-order chi connectivity index (χ0) is 14.5. The van der Waals surface area contributed by atoms with Crippen molar-refractivity contribution in [2.75, 3.05) is 0 Å². The summed E-state index contributed by atoms with van der Waals surface area (Å²) in [6.45, 7) is 13.1. The minimum atomic E-state index is -0.202. The van der Waals surface area contributed by atoms with Crippen LogP contribution in [-0.2, 0) is 0 Å². The van der Waals surface area contributed by atoms with Gasteiger partial charge < -0.3 is 5.32 Å². The third kappa shape index (κ3) is 2.88. The fourth-order valence-electron chi connectivity index (χ4n) is 3.24. The minimum absolute atomic E-state index is 0.0155. The molecule has 1 heterocycles. The summed E-state index contributed by atoms with van der Waals surface area (Å²) >= 11 is 0. The number of amides is 2. The fourth-order valence-corrected chi connectivity index (χ4v) is 3.24. The Bertz CT molecular complexity index is 357. The van der Waals surface area contributed by atoms with Gasteiger partial charge >= 0.3 is 6.03 Å². The van der Waals surface area contributed by atoms with Crippen molar-refractivity contribution < 1.29 is 4.79 Å². The molecule has 1 aliphatic carbocycles. The van der Waals surface area contributed by atoms with E-state index >= 15 is 0 Å². The molecule has 0 aromatic carbocycles. The molecule has 2 fully saturated rings. The molecule has 0 unspecified atom stereocenters. The van der Waals surface area contributed by atoms with Crippen LogP contribution in [0.4, 0.5) is 4.79 Å². The van der Waals surface area contributed by atoms with E-state index in [9.17, 15) is 4.79 Å². The fraction of sp³-hybridized carbons (Fsp3) is 0.933. The maximum Gasteiger partial charge on any atom is 0.333 e. The molecule has 0 radical (unpaired) electrons. The van der Waals surface area contributed by atoms with Crippen LogP contribution in [0.15, 0.2) is 0 Å². The van der Waals surface area contributed by atoms with Crippen LogP contribution in [0.25, 0.3) is 0 Å². The van der Waals surface area contributed by atoms with E-state index in [4.69, 9.17) is 0 Å². The SMILES string of the molecule is CC(C)(C)C1CCC2(CC1)NC(=O)N(C(C)(C)C)N2. The Balaban J connectivity index is 2.03. The van der Waals surface area contributed by atoms with Crippen LogP contribution in [0, 0.1) is 11.3 Å². The van der Waals surface area contributed by atoms with Gasteiger partial charge in [0.25, 0.3) is 0 Å². The van der Waals surface area contributed by atoms with Gasteiger partial charge in [-0.05, 0) is 57.8 Å². The Morgan fingerprint density at radius 1 is 1.11 bits per heavy atom. The second-order valence-corrected chi connectivity index (χ2v) is 8.27. The van der Waals surface area contributed by atoms with Gasteiger partial charge in [0.05, 0.1) is 5.54 Å². The highest BCUT2D eigenvalue weighted by Crippen LogP contribution is 2.42. The molecule has 0 bridgehead atoms. The zero-order valence-electron chi connectivity index (χ0n) is 13.3. The lowest BCUT2D eigenvalue weighted by Gasteiger charge is -2.42. The van der Waals surface area contributed by atoms with Crippen molar-refractivity contribution in [2.45, 2.75) is 78.4 Å². The average molecular weight is 267 g/mol. The second-order valence-electron chi connectivity index (χ2n) is 8.27. The molecule has 2 amide bonds. The van der Waals surface area contributed by atoms with Crippen LogP contribution < -0.4 is 10.7 Å². The predicted molar refractivity (Wildman–Crippen MR) is 77.4 cm³/mol. The maximum atomic E-state index is 12.1. The number of carbonyl (C=O) groups is 1. The van der Waals surface area contributed by atoms with E-state index in [1.165, 1.54) is 12.8 Å². The number of nitrogens with zero attached hydrogens (tertiary/aromatic N) is 1. The molecule has 2 rings (SSSR count). The summed E-state index contributed by atoms with van der Waals surface area (Å²) in [5.74, 6) is 0.750. The normalized spacial score (nSPS) is 32.8. The molecule has 1 aliphatic heterocycles. The van der Waals surface area contributed by atoms with Crippen LogP contribution in [0.2, 0.25) is 0 Å². The summed E-state index contributed by atoms with van der Waals surface area (Å²) in [7, 11) is 0. The van der Waals surface area contributed by atoms with Crippen molar-refractivity contribution >= 4 is 6.03 Å². The topological polar surface area (TPSA) is 44.4 Å². The molecule has 1 saturated heterocycles. The van der Waals surface area contributed by atoms with Crippen LogP contribution in [0.1, 0.15) is 67.2 Å². The average Bonchev–Trinajstić information content (AvgIpc) is 2.54. The first-order chi connectivity index (χ1) is 8.54. The van der Waals surface area contributed by atoms with Crippen molar-refractivity contribution in [1.29, 1.82) is 0 Å². The first-order valence-electron chi connectivity index (χ1n) is 7.44. The highest BCUT2D eigenvalue weighted by molar-refractivity contribution is 5.77. The standard InChI is InChI=1S/C15H29N3O/c1-13(2,3)11-7-9-15(10-8-11)16-12(19)18(17-15)14(4,5)6/h11,17H,7-10H2,1-6H3,(H,16,19). The summed E-state index contributed by atoms with van der Waals surface area (Å²) in [6, 6.07) is 0.0155. The van der Waals surface area contributed by atoms with Gasteiger partial charge in [-0.15, -0.1) is 0 Å². The third-order valence-electron chi connectivity index (χ3n) is 4.61. The van der Waals surface area contributed by atoms with E-state index in [2.05, 4.69) is 52.3 Å². The van der Waals surface area contributed by atoms with E-state index < -0.39 is 0 Å². The summed E-state index contributed by atoms with van der Waals surface area (Å²) in [6.07, 6.45) is 4.39. The largest absolute Gasteiger partial charge is 0.333 e. The van der Waals surface area contributed by atoms with E-state index in [0.717, 1.165) is 18.8 Å². The van der Waals surface area contributed by atoms with Gasteiger partial charge in [0.2, 0.25) is 0 Å². The van der Waals surface area contributed by atoms with E-state index in [1.807, 2.05) is 0 Å². The van der Waals surface area contributed by atoms with Gasteiger partial charge in [-0.3, -0.25) is 5.01 Å². The Labute approximate surface area is 117 Å². The summed E-state index contributed by atoms with van der Waals surface area (Å²) < 4.78 is 0. The number of nitrogens with one attached hydrogen (secondary N) is 2. The molecule has 1 spiro atoms. The molecule has 4 heteroatoms. The van der Waals surface area contributed by atoms with Crippen molar-refractivity contribution in [3.8, 4) is 0 Å². The summed E-state index contributed by atoms with van der Waals surface area (Å²) in [4.78, 5) is 12.1. The number of hydrogen-bond donors (Lipinski definition) is 2. The Morgan fingerprint density at radius 3 is 2.00 bits per heavy atom. The van der Waals surface area contributed by atoms with Gasteiger partial charge in [-0.2, -0.15) is 0 Å². The molecule has 2 aliphatic rings. The van der Waals surface area contributed by atoms with Crippen molar-refractivity contribution in [3.63, 3.8) is 0 Å². The predicted octanol–water partition coefficient (Wildman–Crippen LogP) is 3.25. The number of rotatable bonds is 0. The van der Waals surface area contributed by atoms with E-state index in [-0.39, 0.29) is 17.2 Å². The zero-order valence-corrected chi connectivity index (χ0v) is 13.3. The molecule has 2 N–H and O–H groups in total. The van der Waals surface area contributed by atoms with E-state index in [0.29, 0.717) is 5.41 Å². The molecule has 4 nitrogen and oxygen atoms in total. The van der Waals surface area contributed by atoms with Crippen molar-refractivity contribution in [3.05, 3.63) is 0 Å².